The fourth-order valence-corrected chi connectivity index (χ4v) is 2.13. The summed E-state index contributed by atoms with van der Waals surface area (Å²) < 4.78 is 0. The van der Waals surface area contributed by atoms with Crippen LogP contribution in [0.4, 0.5) is 5.69 Å². The second kappa shape index (κ2) is 4.16. The molecule has 3 heteroatoms. The van der Waals surface area contributed by atoms with Gasteiger partial charge in [-0.1, -0.05) is 26.0 Å². The van der Waals surface area contributed by atoms with E-state index in [1.54, 1.807) is 0 Å². The van der Waals surface area contributed by atoms with Crippen LogP contribution in [0.2, 0.25) is 0 Å². The average molecular weight is 217 g/mol. The van der Waals surface area contributed by atoms with Crippen molar-refractivity contribution >= 4 is 11.6 Å². The van der Waals surface area contributed by atoms with Crippen LogP contribution >= 0.6 is 0 Å². The van der Waals surface area contributed by atoms with E-state index >= 15 is 0 Å². The normalized spacial score (nSPS) is 20.4. The SMILES string of the molecule is Cc1cccc(N2C(N)=NCC2C(C)C)c1. The van der Waals surface area contributed by atoms with Crippen molar-refractivity contribution < 1.29 is 0 Å². The summed E-state index contributed by atoms with van der Waals surface area (Å²) in [6.07, 6.45) is 0. The van der Waals surface area contributed by atoms with E-state index in [1.807, 2.05) is 0 Å². The maximum Gasteiger partial charge on any atom is 0.196 e. The number of rotatable bonds is 2. The Morgan fingerprint density at radius 1 is 1.44 bits per heavy atom. The van der Waals surface area contributed by atoms with Crippen LogP contribution in [0.3, 0.4) is 0 Å². The highest BCUT2D eigenvalue weighted by Crippen LogP contribution is 2.25. The summed E-state index contributed by atoms with van der Waals surface area (Å²) in [6.45, 7) is 7.32. The number of nitrogens with two attached hydrogens (primary N) is 1. The van der Waals surface area contributed by atoms with E-state index in [0.717, 1.165) is 12.2 Å². The summed E-state index contributed by atoms with van der Waals surface area (Å²) in [5.74, 6) is 1.19. The molecule has 2 rings (SSSR count). The summed E-state index contributed by atoms with van der Waals surface area (Å²) in [5, 5.41) is 0. The lowest BCUT2D eigenvalue weighted by molar-refractivity contribution is 0.517. The molecule has 0 radical (unpaired) electrons. The molecule has 1 aliphatic rings. The summed E-state index contributed by atoms with van der Waals surface area (Å²) in [4.78, 5) is 6.50. The molecule has 86 valence electrons. The molecule has 0 saturated carbocycles. The highest BCUT2D eigenvalue weighted by molar-refractivity contribution is 5.97. The Morgan fingerprint density at radius 3 is 2.81 bits per heavy atom. The predicted molar refractivity (Wildman–Crippen MR) is 68.8 cm³/mol. The van der Waals surface area contributed by atoms with Gasteiger partial charge in [0.1, 0.15) is 0 Å². The number of aliphatic imine (C=N–C) groups is 1. The summed E-state index contributed by atoms with van der Waals surface area (Å²) in [6, 6.07) is 8.80. The van der Waals surface area contributed by atoms with Crippen LogP contribution in [-0.2, 0) is 0 Å². The zero-order valence-corrected chi connectivity index (χ0v) is 10.1. The van der Waals surface area contributed by atoms with E-state index < -0.39 is 0 Å². The van der Waals surface area contributed by atoms with Crippen LogP contribution in [0.5, 0.6) is 0 Å². The van der Waals surface area contributed by atoms with Crippen molar-refractivity contribution in [3.8, 4) is 0 Å². The van der Waals surface area contributed by atoms with Crippen molar-refractivity contribution in [2.75, 3.05) is 11.4 Å². The van der Waals surface area contributed by atoms with Gasteiger partial charge in [-0.2, -0.15) is 0 Å². The molecule has 1 atom stereocenters. The smallest absolute Gasteiger partial charge is 0.196 e. The number of anilines is 1. The molecular weight excluding hydrogens is 198 g/mol. The maximum atomic E-state index is 5.97. The highest BCUT2D eigenvalue weighted by atomic mass is 15.3. The van der Waals surface area contributed by atoms with E-state index in [2.05, 4.69) is 54.9 Å². The van der Waals surface area contributed by atoms with E-state index in [0.29, 0.717) is 17.9 Å². The van der Waals surface area contributed by atoms with Crippen molar-refractivity contribution in [2.45, 2.75) is 26.8 Å². The number of guanidine groups is 1. The van der Waals surface area contributed by atoms with Gasteiger partial charge in [-0.3, -0.25) is 4.99 Å². The molecule has 0 amide bonds. The molecule has 0 bridgehead atoms. The minimum absolute atomic E-state index is 0.391. The number of benzene rings is 1. The van der Waals surface area contributed by atoms with Gasteiger partial charge in [0.2, 0.25) is 0 Å². The quantitative estimate of drug-likeness (QED) is 0.824. The molecule has 0 saturated heterocycles. The van der Waals surface area contributed by atoms with E-state index in [-0.39, 0.29) is 0 Å². The zero-order valence-electron chi connectivity index (χ0n) is 10.1. The lowest BCUT2D eigenvalue weighted by atomic mass is 10.0. The topological polar surface area (TPSA) is 41.6 Å². The highest BCUT2D eigenvalue weighted by Gasteiger charge is 2.29. The van der Waals surface area contributed by atoms with Gasteiger partial charge in [0, 0.05) is 5.69 Å². The zero-order chi connectivity index (χ0) is 11.7. The van der Waals surface area contributed by atoms with Crippen LogP contribution in [0.25, 0.3) is 0 Å². The molecule has 1 heterocycles. The molecule has 0 fully saturated rings. The van der Waals surface area contributed by atoms with Crippen molar-refractivity contribution in [3.05, 3.63) is 29.8 Å². The van der Waals surface area contributed by atoms with E-state index in [4.69, 9.17) is 5.73 Å². The molecule has 16 heavy (non-hydrogen) atoms. The lowest BCUT2D eigenvalue weighted by Crippen LogP contribution is -2.43. The monoisotopic (exact) mass is 217 g/mol. The predicted octanol–water partition coefficient (Wildman–Crippen LogP) is 2.15. The van der Waals surface area contributed by atoms with Gasteiger partial charge in [-0.05, 0) is 30.5 Å². The second-order valence-electron chi connectivity index (χ2n) is 4.72. The summed E-state index contributed by atoms with van der Waals surface area (Å²) in [5.41, 5.74) is 8.37. The Balaban J connectivity index is 2.34. The fraction of sp³-hybridized carbons (Fsp3) is 0.462. The van der Waals surface area contributed by atoms with Crippen LogP contribution < -0.4 is 10.6 Å². The molecule has 0 aliphatic carbocycles. The first-order valence-electron chi connectivity index (χ1n) is 5.75. The molecule has 1 unspecified atom stereocenters. The number of hydrogen-bond donors (Lipinski definition) is 1. The van der Waals surface area contributed by atoms with Gasteiger partial charge in [-0.25, -0.2) is 0 Å². The minimum atomic E-state index is 0.391. The first kappa shape index (κ1) is 11.0. The van der Waals surface area contributed by atoms with Crippen LogP contribution in [0, 0.1) is 12.8 Å². The van der Waals surface area contributed by atoms with Crippen molar-refractivity contribution in [1.82, 2.24) is 0 Å². The average Bonchev–Trinajstić information content (AvgIpc) is 2.60. The number of nitrogens with zero attached hydrogens (tertiary/aromatic N) is 2. The summed E-state index contributed by atoms with van der Waals surface area (Å²) in [7, 11) is 0. The number of hydrogen-bond acceptors (Lipinski definition) is 3. The van der Waals surface area contributed by atoms with Gasteiger partial charge in [0.25, 0.3) is 0 Å². The first-order valence-corrected chi connectivity index (χ1v) is 5.75. The fourth-order valence-electron chi connectivity index (χ4n) is 2.13. The lowest BCUT2D eigenvalue weighted by Gasteiger charge is -2.29. The maximum absolute atomic E-state index is 5.97. The molecule has 1 aromatic carbocycles. The Labute approximate surface area is 97.0 Å². The van der Waals surface area contributed by atoms with Gasteiger partial charge in [0.15, 0.2) is 5.96 Å². The van der Waals surface area contributed by atoms with E-state index in [1.165, 1.54) is 5.56 Å². The third-order valence-corrected chi connectivity index (χ3v) is 3.07. The van der Waals surface area contributed by atoms with Gasteiger partial charge in [0.05, 0.1) is 12.6 Å². The van der Waals surface area contributed by atoms with Gasteiger partial charge < -0.3 is 10.6 Å². The Bertz CT molecular complexity index is 409. The largest absolute Gasteiger partial charge is 0.370 e. The van der Waals surface area contributed by atoms with Crippen molar-refractivity contribution in [1.29, 1.82) is 0 Å². The van der Waals surface area contributed by atoms with E-state index in [9.17, 15) is 0 Å². The molecule has 0 aromatic heterocycles. The standard InChI is InChI=1S/C13H19N3/c1-9(2)12-8-15-13(14)16(12)11-6-4-5-10(3)7-11/h4-7,9,12H,8H2,1-3H3,(H2,14,15). The number of aryl methyl sites for hydroxylation is 1. The molecular formula is C13H19N3. The molecule has 3 nitrogen and oxygen atoms in total. The molecule has 1 aromatic rings. The third kappa shape index (κ3) is 1.90. The van der Waals surface area contributed by atoms with Crippen LogP contribution in [0.15, 0.2) is 29.3 Å². The van der Waals surface area contributed by atoms with Crippen molar-refractivity contribution in [3.63, 3.8) is 0 Å². The Kier molecular flexibility index (Phi) is 2.86. The summed E-state index contributed by atoms with van der Waals surface area (Å²) >= 11 is 0. The first-order chi connectivity index (χ1) is 7.59. The third-order valence-electron chi connectivity index (χ3n) is 3.07. The second-order valence-corrected chi connectivity index (χ2v) is 4.72. The Morgan fingerprint density at radius 2 is 2.19 bits per heavy atom. The van der Waals surface area contributed by atoms with Crippen molar-refractivity contribution in [2.24, 2.45) is 16.6 Å². The Hall–Kier alpha value is -1.51. The van der Waals surface area contributed by atoms with Gasteiger partial charge >= 0.3 is 0 Å². The molecule has 1 aliphatic heterocycles. The minimum Gasteiger partial charge on any atom is -0.370 e. The molecule has 0 spiro atoms. The van der Waals surface area contributed by atoms with Crippen LogP contribution in [-0.4, -0.2) is 18.5 Å². The van der Waals surface area contributed by atoms with Crippen LogP contribution in [0.1, 0.15) is 19.4 Å². The molecule has 2 N–H and O–H groups in total. The van der Waals surface area contributed by atoms with Gasteiger partial charge in [-0.15, -0.1) is 0 Å².